The van der Waals surface area contributed by atoms with Crippen LogP contribution in [0.5, 0.6) is 11.5 Å². The van der Waals surface area contributed by atoms with Crippen molar-refractivity contribution < 1.29 is 27.8 Å². The van der Waals surface area contributed by atoms with Gasteiger partial charge in [-0.3, -0.25) is 4.79 Å². The molecule has 1 amide bonds. The first-order valence-electron chi connectivity index (χ1n) is 8.81. The number of alkyl halides is 3. The number of hydrogen-bond acceptors (Lipinski definition) is 5. The smallest absolute Gasteiger partial charge is 0.416 e. The van der Waals surface area contributed by atoms with Crippen LogP contribution < -0.4 is 15.0 Å². The highest BCUT2D eigenvalue weighted by molar-refractivity contribution is 5.93. The Labute approximate surface area is 159 Å². The molecule has 1 aliphatic heterocycles. The molecule has 150 valence electrons. The van der Waals surface area contributed by atoms with Crippen LogP contribution in [0.4, 0.5) is 19.0 Å². The molecular formula is C19H20F3N3O3. The van der Waals surface area contributed by atoms with E-state index in [0.717, 1.165) is 31.6 Å². The number of anilines is 1. The summed E-state index contributed by atoms with van der Waals surface area (Å²) in [6.07, 6.45) is -3.44. The molecule has 1 aromatic heterocycles. The van der Waals surface area contributed by atoms with Crippen LogP contribution in [-0.4, -0.2) is 41.7 Å². The fourth-order valence-corrected chi connectivity index (χ4v) is 2.58. The standard InChI is InChI=1S/C19H20F3N3O3/c1-12(11-26)23-18(27)15-7-8-16(17(24-15)25-9-2-10-25)28-14-5-3-13(4-6-14)19(20,21)22/h3-8,12,26H,2,9-11H2,1H3,(H,23,27). The summed E-state index contributed by atoms with van der Waals surface area (Å²) >= 11 is 0. The number of halogens is 3. The maximum atomic E-state index is 12.7. The van der Waals surface area contributed by atoms with Crippen LogP contribution in [0.25, 0.3) is 0 Å². The van der Waals surface area contributed by atoms with Crippen LogP contribution in [0.1, 0.15) is 29.4 Å². The molecule has 28 heavy (non-hydrogen) atoms. The Balaban J connectivity index is 1.83. The summed E-state index contributed by atoms with van der Waals surface area (Å²) in [5.41, 5.74) is -0.590. The maximum Gasteiger partial charge on any atom is 0.416 e. The van der Waals surface area contributed by atoms with Gasteiger partial charge >= 0.3 is 6.18 Å². The molecule has 1 saturated heterocycles. The Morgan fingerprint density at radius 2 is 1.93 bits per heavy atom. The number of aliphatic hydroxyl groups excluding tert-OH is 1. The van der Waals surface area contributed by atoms with Crippen molar-refractivity contribution >= 4 is 11.7 Å². The van der Waals surface area contributed by atoms with Crippen LogP contribution in [0.2, 0.25) is 0 Å². The number of hydrogen-bond donors (Lipinski definition) is 2. The highest BCUT2D eigenvalue weighted by atomic mass is 19.4. The molecular weight excluding hydrogens is 375 g/mol. The van der Waals surface area contributed by atoms with Gasteiger partial charge in [0.1, 0.15) is 11.4 Å². The molecule has 1 fully saturated rings. The monoisotopic (exact) mass is 395 g/mol. The van der Waals surface area contributed by atoms with Crippen molar-refractivity contribution in [3.05, 3.63) is 47.7 Å². The second-order valence-electron chi connectivity index (χ2n) is 6.54. The van der Waals surface area contributed by atoms with E-state index in [2.05, 4.69) is 10.3 Å². The van der Waals surface area contributed by atoms with Gasteiger partial charge in [-0.15, -0.1) is 0 Å². The lowest BCUT2D eigenvalue weighted by Gasteiger charge is -2.33. The van der Waals surface area contributed by atoms with E-state index in [1.165, 1.54) is 18.2 Å². The molecule has 3 rings (SSSR count). The lowest BCUT2D eigenvalue weighted by molar-refractivity contribution is -0.137. The lowest BCUT2D eigenvalue weighted by Crippen LogP contribution is -2.39. The van der Waals surface area contributed by atoms with E-state index in [0.29, 0.717) is 11.6 Å². The van der Waals surface area contributed by atoms with E-state index in [-0.39, 0.29) is 18.1 Å². The molecule has 0 saturated carbocycles. The fraction of sp³-hybridized carbons (Fsp3) is 0.368. The molecule has 0 radical (unpaired) electrons. The Kier molecular flexibility index (Phi) is 5.73. The topological polar surface area (TPSA) is 74.7 Å². The van der Waals surface area contributed by atoms with Crippen molar-refractivity contribution in [2.24, 2.45) is 0 Å². The summed E-state index contributed by atoms with van der Waals surface area (Å²) < 4.78 is 43.8. The second kappa shape index (κ2) is 8.05. The van der Waals surface area contributed by atoms with Gasteiger partial charge in [0.05, 0.1) is 12.2 Å². The molecule has 1 aromatic carbocycles. The van der Waals surface area contributed by atoms with Crippen LogP contribution in [0, 0.1) is 0 Å². The lowest BCUT2D eigenvalue weighted by atomic mass is 10.2. The zero-order valence-corrected chi connectivity index (χ0v) is 15.2. The second-order valence-corrected chi connectivity index (χ2v) is 6.54. The molecule has 0 spiro atoms. The molecule has 1 unspecified atom stereocenters. The van der Waals surface area contributed by atoms with Crippen molar-refractivity contribution in [1.29, 1.82) is 0 Å². The summed E-state index contributed by atoms with van der Waals surface area (Å²) in [5.74, 6) is 0.619. The van der Waals surface area contributed by atoms with Gasteiger partial charge in [0.2, 0.25) is 0 Å². The molecule has 0 bridgehead atoms. The number of rotatable bonds is 6. The van der Waals surface area contributed by atoms with E-state index in [9.17, 15) is 18.0 Å². The van der Waals surface area contributed by atoms with Gasteiger partial charge in [-0.05, 0) is 49.7 Å². The molecule has 1 atom stereocenters. The third-order valence-electron chi connectivity index (χ3n) is 4.29. The quantitative estimate of drug-likeness (QED) is 0.786. The van der Waals surface area contributed by atoms with E-state index in [4.69, 9.17) is 9.84 Å². The zero-order chi connectivity index (χ0) is 20.3. The van der Waals surface area contributed by atoms with Gasteiger partial charge in [0.15, 0.2) is 11.6 Å². The molecule has 6 nitrogen and oxygen atoms in total. The zero-order valence-electron chi connectivity index (χ0n) is 15.2. The third kappa shape index (κ3) is 4.53. The minimum atomic E-state index is -4.41. The molecule has 2 N–H and O–H groups in total. The number of carbonyl (C=O) groups is 1. The highest BCUT2D eigenvalue weighted by Crippen LogP contribution is 2.35. The Morgan fingerprint density at radius 1 is 1.25 bits per heavy atom. The van der Waals surface area contributed by atoms with Gasteiger partial charge in [0.25, 0.3) is 5.91 Å². The van der Waals surface area contributed by atoms with E-state index in [1.54, 1.807) is 13.0 Å². The number of amides is 1. The van der Waals surface area contributed by atoms with E-state index < -0.39 is 23.7 Å². The normalized spacial score (nSPS) is 15.0. The summed E-state index contributed by atoms with van der Waals surface area (Å²) in [7, 11) is 0. The van der Waals surface area contributed by atoms with Crippen molar-refractivity contribution in [3.63, 3.8) is 0 Å². The Bertz CT molecular complexity index is 837. The largest absolute Gasteiger partial charge is 0.453 e. The summed E-state index contributed by atoms with van der Waals surface area (Å²) in [6.45, 7) is 2.96. The van der Waals surface area contributed by atoms with Crippen molar-refractivity contribution in [2.75, 3.05) is 24.6 Å². The number of benzene rings is 1. The average molecular weight is 395 g/mol. The molecule has 2 heterocycles. The van der Waals surface area contributed by atoms with Crippen molar-refractivity contribution in [1.82, 2.24) is 10.3 Å². The number of nitrogens with zero attached hydrogens (tertiary/aromatic N) is 2. The molecule has 0 aliphatic carbocycles. The average Bonchev–Trinajstić information content (AvgIpc) is 2.61. The van der Waals surface area contributed by atoms with E-state index in [1.807, 2.05) is 4.90 Å². The number of ether oxygens (including phenoxy) is 1. The number of carbonyl (C=O) groups excluding carboxylic acids is 1. The maximum absolute atomic E-state index is 12.7. The van der Waals surface area contributed by atoms with Gasteiger partial charge in [-0.1, -0.05) is 0 Å². The minimum absolute atomic E-state index is 0.168. The Hall–Kier alpha value is -2.81. The van der Waals surface area contributed by atoms with Gasteiger partial charge < -0.3 is 20.1 Å². The summed E-state index contributed by atoms with van der Waals surface area (Å²) in [4.78, 5) is 18.5. The van der Waals surface area contributed by atoms with Crippen LogP contribution in [-0.2, 0) is 6.18 Å². The first-order chi connectivity index (χ1) is 13.3. The molecule has 1 aliphatic rings. The van der Waals surface area contributed by atoms with Crippen LogP contribution in [0.3, 0.4) is 0 Å². The molecule has 2 aromatic rings. The fourth-order valence-electron chi connectivity index (χ4n) is 2.58. The highest BCUT2D eigenvalue weighted by Gasteiger charge is 2.30. The first-order valence-corrected chi connectivity index (χ1v) is 8.81. The van der Waals surface area contributed by atoms with Crippen LogP contribution in [0.15, 0.2) is 36.4 Å². The van der Waals surface area contributed by atoms with Gasteiger partial charge in [-0.2, -0.15) is 13.2 Å². The van der Waals surface area contributed by atoms with Gasteiger partial charge in [-0.25, -0.2) is 4.98 Å². The Morgan fingerprint density at radius 3 is 2.46 bits per heavy atom. The van der Waals surface area contributed by atoms with Crippen molar-refractivity contribution in [2.45, 2.75) is 25.6 Å². The summed E-state index contributed by atoms with van der Waals surface area (Å²) in [5, 5.41) is 11.7. The minimum Gasteiger partial charge on any atom is -0.453 e. The predicted molar refractivity (Wildman–Crippen MR) is 96.6 cm³/mol. The van der Waals surface area contributed by atoms with Crippen molar-refractivity contribution in [3.8, 4) is 11.5 Å². The van der Waals surface area contributed by atoms with Gasteiger partial charge in [0, 0.05) is 19.1 Å². The first kappa shape index (κ1) is 19.9. The third-order valence-corrected chi connectivity index (χ3v) is 4.29. The summed E-state index contributed by atoms with van der Waals surface area (Å²) in [6, 6.07) is 7.01. The number of aromatic nitrogens is 1. The molecule has 9 heteroatoms. The SMILES string of the molecule is CC(CO)NC(=O)c1ccc(Oc2ccc(C(F)(F)F)cc2)c(N2CCC2)n1. The van der Waals surface area contributed by atoms with Crippen LogP contribution >= 0.6 is 0 Å². The number of aliphatic hydroxyl groups is 1. The predicted octanol–water partition coefficient (Wildman–Crippen LogP) is 3.21. The van der Waals surface area contributed by atoms with E-state index >= 15 is 0 Å². The number of nitrogens with one attached hydrogen (secondary N) is 1. The number of pyridine rings is 1.